The third-order valence-electron chi connectivity index (χ3n) is 6.46. The van der Waals surface area contributed by atoms with Crippen molar-refractivity contribution >= 4 is 23.4 Å². The summed E-state index contributed by atoms with van der Waals surface area (Å²) in [6, 6.07) is 5.30. The van der Waals surface area contributed by atoms with Crippen LogP contribution in [-0.2, 0) is 9.53 Å². The second-order valence-electron chi connectivity index (χ2n) is 8.63. The Morgan fingerprint density at radius 3 is 2.79 bits per heavy atom. The molecular formula is C22H29ClN2O4. The van der Waals surface area contributed by atoms with Crippen molar-refractivity contribution in [2.24, 2.45) is 5.92 Å². The van der Waals surface area contributed by atoms with Gasteiger partial charge in [0.1, 0.15) is 17.9 Å². The Balaban J connectivity index is 1.55. The highest BCUT2D eigenvalue weighted by atomic mass is 35.5. The Labute approximate surface area is 176 Å². The van der Waals surface area contributed by atoms with Gasteiger partial charge in [-0.05, 0) is 37.0 Å². The number of rotatable bonds is 3. The Bertz CT molecular complexity index is 778. The number of hydrogen-bond acceptors (Lipinski definition) is 4. The molecule has 2 amide bonds. The lowest BCUT2D eigenvalue weighted by Crippen LogP contribution is -2.53. The highest BCUT2D eigenvalue weighted by Crippen LogP contribution is 2.36. The van der Waals surface area contributed by atoms with Gasteiger partial charge in [0, 0.05) is 23.9 Å². The SMILES string of the molecule is C[C@H]1CCCC[C@H]1NC(=O)CN1CC2(CCOCC2)Oc2ccc(Cl)cc2C1=O. The molecule has 2 atom stereocenters. The van der Waals surface area contributed by atoms with Crippen LogP contribution in [-0.4, -0.2) is 54.7 Å². The lowest BCUT2D eigenvalue weighted by atomic mass is 9.86. The summed E-state index contributed by atoms with van der Waals surface area (Å²) in [4.78, 5) is 27.7. The molecule has 1 spiro atoms. The monoisotopic (exact) mass is 420 g/mol. The van der Waals surface area contributed by atoms with Crippen LogP contribution in [0.1, 0.15) is 55.8 Å². The summed E-state index contributed by atoms with van der Waals surface area (Å²) >= 11 is 6.15. The summed E-state index contributed by atoms with van der Waals surface area (Å²) in [6.45, 7) is 3.74. The molecule has 2 fully saturated rings. The summed E-state index contributed by atoms with van der Waals surface area (Å²) in [5.41, 5.74) is -0.120. The Hall–Kier alpha value is -1.79. The number of halogens is 1. The van der Waals surface area contributed by atoms with Gasteiger partial charge in [-0.15, -0.1) is 0 Å². The fourth-order valence-electron chi connectivity index (χ4n) is 4.70. The number of carbonyl (C=O) groups excluding carboxylic acids is 2. The van der Waals surface area contributed by atoms with Crippen LogP contribution in [0.25, 0.3) is 0 Å². The lowest BCUT2D eigenvalue weighted by molar-refractivity contribution is -0.124. The van der Waals surface area contributed by atoms with Crippen LogP contribution in [0.3, 0.4) is 0 Å². The van der Waals surface area contributed by atoms with E-state index in [2.05, 4.69) is 12.2 Å². The fourth-order valence-corrected chi connectivity index (χ4v) is 4.87. The van der Waals surface area contributed by atoms with Crippen molar-refractivity contribution in [1.82, 2.24) is 10.2 Å². The molecule has 29 heavy (non-hydrogen) atoms. The number of nitrogens with one attached hydrogen (secondary N) is 1. The molecule has 1 aromatic rings. The summed E-state index contributed by atoms with van der Waals surface area (Å²) < 4.78 is 11.9. The number of amides is 2. The first-order valence-electron chi connectivity index (χ1n) is 10.6. The zero-order chi connectivity index (χ0) is 20.4. The van der Waals surface area contributed by atoms with Crippen LogP contribution in [0.5, 0.6) is 5.75 Å². The molecular weight excluding hydrogens is 392 g/mol. The third-order valence-corrected chi connectivity index (χ3v) is 6.70. The van der Waals surface area contributed by atoms with E-state index in [1.807, 2.05) is 0 Å². The molecule has 7 heteroatoms. The minimum absolute atomic E-state index is 0.0278. The molecule has 6 nitrogen and oxygen atoms in total. The van der Waals surface area contributed by atoms with Crippen LogP contribution < -0.4 is 10.1 Å². The van der Waals surface area contributed by atoms with Crippen molar-refractivity contribution in [1.29, 1.82) is 0 Å². The average molecular weight is 421 g/mol. The number of ether oxygens (including phenoxy) is 2. The lowest BCUT2D eigenvalue weighted by Gasteiger charge is -2.39. The molecule has 0 unspecified atom stereocenters. The summed E-state index contributed by atoms with van der Waals surface area (Å²) in [5.74, 6) is 0.685. The highest BCUT2D eigenvalue weighted by molar-refractivity contribution is 6.31. The molecule has 0 bridgehead atoms. The standard InChI is InChI=1S/C22H29ClN2O4/c1-15-4-2-3-5-18(15)24-20(26)13-25-14-22(8-10-28-11-9-22)29-19-7-6-16(23)12-17(19)21(25)27/h6-7,12,15,18H,2-5,8-11,13-14H2,1H3,(H,24,26)/t15-,18+/m0/s1. The van der Waals surface area contributed by atoms with Crippen molar-refractivity contribution in [3.8, 4) is 5.75 Å². The summed E-state index contributed by atoms with van der Waals surface area (Å²) in [5, 5.41) is 3.64. The van der Waals surface area contributed by atoms with Gasteiger partial charge in [0.25, 0.3) is 5.91 Å². The first-order chi connectivity index (χ1) is 14.0. The molecule has 1 saturated heterocycles. The van der Waals surface area contributed by atoms with Gasteiger partial charge in [0.05, 0.1) is 25.3 Å². The predicted octanol–water partition coefficient (Wildman–Crippen LogP) is 3.42. The van der Waals surface area contributed by atoms with Crippen LogP contribution in [0.2, 0.25) is 5.02 Å². The molecule has 3 aliphatic rings. The van der Waals surface area contributed by atoms with Crippen molar-refractivity contribution in [3.05, 3.63) is 28.8 Å². The van der Waals surface area contributed by atoms with Gasteiger partial charge in [-0.25, -0.2) is 0 Å². The Kier molecular flexibility index (Phi) is 6.02. The maximum absolute atomic E-state index is 13.3. The maximum atomic E-state index is 13.3. The summed E-state index contributed by atoms with van der Waals surface area (Å²) in [6.07, 6.45) is 5.86. The van der Waals surface area contributed by atoms with E-state index < -0.39 is 5.60 Å². The Morgan fingerprint density at radius 1 is 1.28 bits per heavy atom. The number of nitrogens with zero attached hydrogens (tertiary/aromatic N) is 1. The topological polar surface area (TPSA) is 67.9 Å². The quantitative estimate of drug-likeness (QED) is 0.813. The second kappa shape index (κ2) is 8.52. The zero-order valence-electron chi connectivity index (χ0n) is 16.9. The summed E-state index contributed by atoms with van der Waals surface area (Å²) in [7, 11) is 0. The Morgan fingerprint density at radius 2 is 2.03 bits per heavy atom. The molecule has 1 N–H and O–H groups in total. The second-order valence-corrected chi connectivity index (χ2v) is 9.07. The van der Waals surface area contributed by atoms with Crippen LogP contribution in [0.15, 0.2) is 18.2 Å². The van der Waals surface area contributed by atoms with Gasteiger partial charge in [-0.3, -0.25) is 9.59 Å². The average Bonchev–Trinajstić information content (AvgIpc) is 2.80. The maximum Gasteiger partial charge on any atom is 0.258 e. The first-order valence-corrected chi connectivity index (χ1v) is 11.0. The highest BCUT2D eigenvalue weighted by Gasteiger charge is 2.42. The van der Waals surface area contributed by atoms with Gasteiger partial charge in [-0.1, -0.05) is 31.4 Å². The van der Waals surface area contributed by atoms with E-state index in [1.54, 1.807) is 23.1 Å². The molecule has 1 aromatic carbocycles. The van der Waals surface area contributed by atoms with Crippen LogP contribution >= 0.6 is 11.6 Å². The number of benzene rings is 1. The molecule has 2 aliphatic heterocycles. The molecule has 2 heterocycles. The zero-order valence-corrected chi connectivity index (χ0v) is 17.7. The van der Waals surface area contributed by atoms with Crippen molar-refractivity contribution < 1.29 is 19.1 Å². The van der Waals surface area contributed by atoms with E-state index in [4.69, 9.17) is 21.1 Å². The van der Waals surface area contributed by atoms with Crippen molar-refractivity contribution in [2.45, 2.75) is 57.1 Å². The van der Waals surface area contributed by atoms with Crippen LogP contribution in [0, 0.1) is 5.92 Å². The minimum atomic E-state index is -0.536. The number of hydrogen-bond donors (Lipinski definition) is 1. The van der Waals surface area contributed by atoms with Gasteiger partial charge in [0.15, 0.2) is 0 Å². The van der Waals surface area contributed by atoms with E-state index in [0.717, 1.165) is 19.3 Å². The predicted molar refractivity (Wildman–Crippen MR) is 110 cm³/mol. The molecule has 1 aliphatic carbocycles. The third kappa shape index (κ3) is 4.53. The van der Waals surface area contributed by atoms with Gasteiger partial charge < -0.3 is 19.7 Å². The van der Waals surface area contributed by atoms with Gasteiger partial charge in [0.2, 0.25) is 5.91 Å². The van der Waals surface area contributed by atoms with Gasteiger partial charge >= 0.3 is 0 Å². The normalized spacial score (nSPS) is 26.4. The smallest absolute Gasteiger partial charge is 0.258 e. The van der Waals surface area contributed by atoms with Crippen LogP contribution in [0.4, 0.5) is 0 Å². The van der Waals surface area contributed by atoms with Gasteiger partial charge in [-0.2, -0.15) is 0 Å². The fraction of sp³-hybridized carbons (Fsp3) is 0.636. The van der Waals surface area contributed by atoms with E-state index >= 15 is 0 Å². The molecule has 0 aromatic heterocycles. The molecule has 4 rings (SSSR count). The largest absolute Gasteiger partial charge is 0.484 e. The number of fused-ring (bicyclic) bond motifs is 1. The van der Waals surface area contributed by atoms with Crippen molar-refractivity contribution in [3.63, 3.8) is 0 Å². The van der Waals surface area contributed by atoms with E-state index in [1.165, 1.54) is 6.42 Å². The molecule has 1 saturated carbocycles. The molecule has 0 radical (unpaired) electrons. The van der Waals surface area contributed by atoms with E-state index in [-0.39, 0.29) is 24.4 Å². The van der Waals surface area contributed by atoms with E-state index in [9.17, 15) is 9.59 Å². The molecule has 158 valence electrons. The number of carbonyl (C=O) groups is 2. The minimum Gasteiger partial charge on any atom is -0.484 e. The van der Waals surface area contributed by atoms with E-state index in [0.29, 0.717) is 54.9 Å². The first kappa shape index (κ1) is 20.5. The van der Waals surface area contributed by atoms with Crippen molar-refractivity contribution in [2.75, 3.05) is 26.3 Å².